The summed E-state index contributed by atoms with van der Waals surface area (Å²) >= 11 is 1.22. The first-order valence-electron chi connectivity index (χ1n) is 12.3. The number of hydrogen-bond acceptors (Lipinski definition) is 8. The van der Waals surface area contributed by atoms with Crippen LogP contribution in [0.25, 0.3) is 5.69 Å². The van der Waals surface area contributed by atoms with Gasteiger partial charge in [0.1, 0.15) is 5.75 Å². The topological polar surface area (TPSA) is 141 Å². The van der Waals surface area contributed by atoms with Crippen LogP contribution in [0.1, 0.15) is 32.9 Å². The molecule has 4 rings (SSSR count). The van der Waals surface area contributed by atoms with Gasteiger partial charge in [-0.2, -0.15) is 0 Å². The van der Waals surface area contributed by atoms with E-state index in [9.17, 15) is 19.7 Å². The van der Waals surface area contributed by atoms with Gasteiger partial charge in [0.25, 0.3) is 11.6 Å². The van der Waals surface area contributed by atoms with Gasteiger partial charge < -0.3 is 15.4 Å². The quantitative estimate of drug-likeness (QED) is 0.161. The first-order valence-corrected chi connectivity index (χ1v) is 13.3. The molecule has 0 spiro atoms. The van der Waals surface area contributed by atoms with Crippen molar-refractivity contribution in [2.45, 2.75) is 32.5 Å². The minimum absolute atomic E-state index is 0.0138. The van der Waals surface area contributed by atoms with E-state index in [1.165, 1.54) is 36.9 Å². The minimum atomic E-state index is -0.516. The number of rotatable bonds is 10. The SMILES string of the molecule is COc1ccc(NC(=O)CSc2nnc(CNC(=O)c3cccc([N+](=O)[O-])c3C)n2-c2cc(C)ccc2C)cc1. The third-order valence-corrected chi connectivity index (χ3v) is 7.09. The summed E-state index contributed by atoms with van der Waals surface area (Å²) in [5.41, 5.74) is 3.79. The highest BCUT2D eigenvalue weighted by molar-refractivity contribution is 7.99. The third-order valence-electron chi connectivity index (χ3n) is 6.17. The van der Waals surface area contributed by atoms with E-state index in [2.05, 4.69) is 20.8 Å². The standard InChI is InChI=1S/C28H28N6O5S/c1-17-8-9-18(2)24(14-17)33-25(15-29-27(36)22-6-5-7-23(19(22)3)34(37)38)31-32-28(33)40-16-26(35)30-20-10-12-21(39-4)13-11-20/h5-14H,15-16H2,1-4H3,(H,29,36)(H,30,35). The third kappa shape index (κ3) is 6.46. The molecule has 3 aromatic carbocycles. The number of nitrogens with one attached hydrogen (secondary N) is 2. The fourth-order valence-electron chi connectivity index (χ4n) is 4.03. The van der Waals surface area contributed by atoms with Crippen molar-refractivity contribution in [3.63, 3.8) is 0 Å². The molecule has 0 saturated carbocycles. The van der Waals surface area contributed by atoms with Crippen LogP contribution in [0.4, 0.5) is 11.4 Å². The second-order valence-electron chi connectivity index (χ2n) is 8.98. The molecule has 206 valence electrons. The van der Waals surface area contributed by atoms with Gasteiger partial charge in [-0.15, -0.1) is 10.2 Å². The Labute approximate surface area is 235 Å². The molecule has 2 amide bonds. The predicted octanol–water partition coefficient (Wildman–Crippen LogP) is 4.77. The molecule has 0 bridgehead atoms. The molecule has 2 N–H and O–H groups in total. The van der Waals surface area contributed by atoms with Crippen molar-refractivity contribution in [3.8, 4) is 11.4 Å². The Hall–Kier alpha value is -4.71. The Bertz CT molecular complexity index is 1570. The molecule has 4 aromatic rings. The van der Waals surface area contributed by atoms with Crippen LogP contribution in [0.3, 0.4) is 0 Å². The molecule has 1 aromatic heterocycles. The summed E-state index contributed by atoms with van der Waals surface area (Å²) in [6, 6.07) is 17.3. The lowest BCUT2D eigenvalue weighted by molar-refractivity contribution is -0.385. The lowest BCUT2D eigenvalue weighted by atomic mass is 10.1. The molecule has 0 radical (unpaired) electrons. The van der Waals surface area contributed by atoms with Crippen molar-refractivity contribution in [2.75, 3.05) is 18.2 Å². The summed E-state index contributed by atoms with van der Waals surface area (Å²) in [4.78, 5) is 36.4. The first-order chi connectivity index (χ1) is 19.2. The number of ether oxygens (including phenoxy) is 1. The van der Waals surface area contributed by atoms with Crippen molar-refractivity contribution >= 4 is 35.0 Å². The van der Waals surface area contributed by atoms with Gasteiger partial charge in [-0.05, 0) is 68.3 Å². The number of thioether (sulfide) groups is 1. The second-order valence-corrected chi connectivity index (χ2v) is 9.92. The van der Waals surface area contributed by atoms with Crippen LogP contribution in [0.2, 0.25) is 0 Å². The summed E-state index contributed by atoms with van der Waals surface area (Å²) in [5.74, 6) is 0.526. The number of nitrogens with zero attached hydrogens (tertiary/aromatic N) is 4. The van der Waals surface area contributed by atoms with Gasteiger partial charge in [-0.1, -0.05) is 30.0 Å². The summed E-state index contributed by atoms with van der Waals surface area (Å²) < 4.78 is 6.96. The molecule has 40 heavy (non-hydrogen) atoms. The Morgan fingerprint density at radius 1 is 1.05 bits per heavy atom. The Morgan fingerprint density at radius 3 is 2.50 bits per heavy atom. The maximum Gasteiger partial charge on any atom is 0.273 e. The summed E-state index contributed by atoms with van der Waals surface area (Å²) in [5, 5.41) is 26.0. The summed E-state index contributed by atoms with van der Waals surface area (Å²) in [7, 11) is 1.57. The van der Waals surface area contributed by atoms with Gasteiger partial charge in [-0.25, -0.2) is 0 Å². The van der Waals surface area contributed by atoms with Crippen LogP contribution in [0.5, 0.6) is 5.75 Å². The van der Waals surface area contributed by atoms with Gasteiger partial charge >= 0.3 is 0 Å². The molecule has 1 heterocycles. The van der Waals surface area contributed by atoms with Gasteiger partial charge in [-0.3, -0.25) is 24.3 Å². The molecule has 0 saturated heterocycles. The number of nitro groups is 1. The Balaban J connectivity index is 1.55. The average molecular weight is 561 g/mol. The fraction of sp³-hybridized carbons (Fsp3) is 0.214. The van der Waals surface area contributed by atoms with Crippen molar-refractivity contribution in [3.05, 3.63) is 98.9 Å². The molecule has 0 aliphatic rings. The average Bonchev–Trinajstić information content (AvgIpc) is 3.34. The molecule has 0 atom stereocenters. The molecule has 12 heteroatoms. The summed E-state index contributed by atoms with van der Waals surface area (Å²) in [6.07, 6.45) is 0. The van der Waals surface area contributed by atoms with E-state index in [0.29, 0.717) is 22.4 Å². The fourth-order valence-corrected chi connectivity index (χ4v) is 4.80. The lowest BCUT2D eigenvalue weighted by Gasteiger charge is -2.14. The van der Waals surface area contributed by atoms with Crippen LogP contribution < -0.4 is 15.4 Å². The smallest absolute Gasteiger partial charge is 0.273 e. The molecule has 0 aliphatic heterocycles. The van der Waals surface area contributed by atoms with Crippen molar-refractivity contribution in [2.24, 2.45) is 0 Å². The molecule has 0 fully saturated rings. The van der Waals surface area contributed by atoms with Gasteiger partial charge in [0.05, 0.1) is 30.0 Å². The van der Waals surface area contributed by atoms with Crippen LogP contribution in [-0.4, -0.2) is 44.4 Å². The number of benzene rings is 3. The van der Waals surface area contributed by atoms with Gasteiger partial charge in [0, 0.05) is 22.9 Å². The van der Waals surface area contributed by atoms with E-state index in [4.69, 9.17) is 4.74 Å². The zero-order valence-electron chi connectivity index (χ0n) is 22.4. The van der Waals surface area contributed by atoms with E-state index in [1.807, 2.05) is 36.6 Å². The highest BCUT2D eigenvalue weighted by Crippen LogP contribution is 2.26. The number of carbonyl (C=O) groups excluding carboxylic acids is 2. The lowest BCUT2D eigenvalue weighted by Crippen LogP contribution is -2.25. The maximum atomic E-state index is 13.0. The number of aromatic nitrogens is 3. The van der Waals surface area contributed by atoms with Crippen LogP contribution in [-0.2, 0) is 11.3 Å². The number of amides is 2. The van der Waals surface area contributed by atoms with E-state index in [-0.39, 0.29) is 35.0 Å². The van der Waals surface area contributed by atoms with Crippen molar-refractivity contribution < 1.29 is 19.2 Å². The van der Waals surface area contributed by atoms with E-state index in [1.54, 1.807) is 31.4 Å². The zero-order valence-corrected chi connectivity index (χ0v) is 23.2. The highest BCUT2D eigenvalue weighted by Gasteiger charge is 2.21. The minimum Gasteiger partial charge on any atom is -0.497 e. The Morgan fingerprint density at radius 2 is 1.80 bits per heavy atom. The summed E-state index contributed by atoms with van der Waals surface area (Å²) in [6.45, 7) is 5.47. The monoisotopic (exact) mass is 560 g/mol. The molecular weight excluding hydrogens is 532 g/mol. The van der Waals surface area contributed by atoms with Crippen LogP contribution in [0.15, 0.2) is 65.8 Å². The van der Waals surface area contributed by atoms with E-state index in [0.717, 1.165) is 16.8 Å². The number of carbonyl (C=O) groups is 2. The Kier molecular flexibility index (Phi) is 8.80. The van der Waals surface area contributed by atoms with E-state index >= 15 is 0 Å². The molecular formula is C28H28N6O5S. The highest BCUT2D eigenvalue weighted by atomic mass is 32.2. The maximum absolute atomic E-state index is 13.0. The van der Waals surface area contributed by atoms with Crippen LogP contribution in [0, 0.1) is 30.9 Å². The number of hydrogen-bond donors (Lipinski definition) is 2. The zero-order chi connectivity index (χ0) is 28.8. The van der Waals surface area contributed by atoms with Crippen molar-refractivity contribution in [1.29, 1.82) is 0 Å². The van der Waals surface area contributed by atoms with E-state index < -0.39 is 10.8 Å². The largest absolute Gasteiger partial charge is 0.497 e. The van der Waals surface area contributed by atoms with Crippen LogP contribution >= 0.6 is 11.8 Å². The van der Waals surface area contributed by atoms with Crippen molar-refractivity contribution in [1.82, 2.24) is 20.1 Å². The molecule has 11 nitrogen and oxygen atoms in total. The normalized spacial score (nSPS) is 10.7. The predicted molar refractivity (Wildman–Crippen MR) is 152 cm³/mol. The van der Waals surface area contributed by atoms with Gasteiger partial charge in [0.15, 0.2) is 11.0 Å². The molecule has 0 aliphatic carbocycles. The number of aryl methyl sites for hydroxylation is 2. The second kappa shape index (κ2) is 12.4. The first kappa shape index (κ1) is 28.3. The molecule has 0 unspecified atom stereocenters. The van der Waals surface area contributed by atoms with Gasteiger partial charge in [0.2, 0.25) is 5.91 Å². The number of nitro benzene ring substituents is 1. The number of anilines is 1. The number of methoxy groups -OCH3 is 1.